The van der Waals surface area contributed by atoms with E-state index in [1.54, 1.807) is 60.7 Å². The van der Waals surface area contributed by atoms with E-state index >= 15 is 0 Å². The average molecular weight is 748 g/mol. The Balaban J connectivity index is 0.000000168. The molecule has 2 saturated carbocycles. The van der Waals surface area contributed by atoms with Crippen LogP contribution in [0.4, 0.5) is 11.4 Å². The third kappa shape index (κ3) is 5.92. The van der Waals surface area contributed by atoms with Gasteiger partial charge in [-0.25, -0.2) is 4.79 Å². The molecule has 0 aromatic heterocycles. The molecule has 10 heteroatoms. The summed E-state index contributed by atoms with van der Waals surface area (Å²) >= 11 is 2.31. The molecule has 8 unspecified atom stereocenters. The number of fused-ring (bicyclic) bond motifs is 10. The minimum absolute atomic E-state index is 0.0203. The van der Waals surface area contributed by atoms with Gasteiger partial charge in [-0.3, -0.25) is 29.0 Å². The summed E-state index contributed by atoms with van der Waals surface area (Å²) in [6.45, 7) is 0. The van der Waals surface area contributed by atoms with Gasteiger partial charge in [0.15, 0.2) is 0 Å². The van der Waals surface area contributed by atoms with E-state index in [9.17, 15) is 24.0 Å². The first-order chi connectivity index (χ1) is 25.9. The number of allylic oxidation sites excluding steroid dienone is 4. The van der Waals surface area contributed by atoms with Crippen molar-refractivity contribution in [2.24, 2.45) is 47.3 Å². The summed E-state index contributed by atoms with van der Waals surface area (Å²) in [6, 6.07) is 34.3. The first-order valence-corrected chi connectivity index (χ1v) is 17.9. The van der Waals surface area contributed by atoms with Gasteiger partial charge in [-0.1, -0.05) is 42.1 Å². The van der Waals surface area contributed by atoms with E-state index in [2.05, 4.69) is 52.1 Å². The van der Waals surface area contributed by atoms with Crippen LogP contribution in [0.15, 0.2) is 121 Å². The second-order valence-corrected chi connectivity index (χ2v) is 14.0. The second-order valence-electron chi connectivity index (χ2n) is 14.0. The predicted octanol–water partition coefficient (Wildman–Crippen LogP) is 6.36. The number of carbonyl (C=O) groups is 5. The van der Waals surface area contributed by atoms with Crippen LogP contribution >= 0.6 is 0 Å². The van der Waals surface area contributed by atoms with Crippen molar-refractivity contribution >= 4 is 41.0 Å². The van der Waals surface area contributed by atoms with Gasteiger partial charge < -0.3 is 4.74 Å². The molecule has 0 N–H and O–H groups in total. The molecule has 4 bridgehead atoms. The van der Waals surface area contributed by atoms with Gasteiger partial charge in [-0.05, 0) is 78.5 Å². The molecule has 4 aliphatic carbocycles. The number of anilines is 2. The quantitative estimate of drug-likeness (QED) is 0.0767. The molecular weight excluding hydrogens is 715 g/mol. The standard InChI is InChI=1S/C28H20NO4.C15H12NO2.Co.O/c30-26-24-20-6-7-21(16-20)25(24)27(31)29(26)22-12-8-19(9-13-22)28(32)33-23-14-10-18(11-15-23)17-4-2-1-3-5-17;17-14-12-9-6-7-10(8-9)13(12)15(18)16(14)11-4-2-1-3-5-11;;/h2-15,20-21,24-25H,16H2;2-7,9-10,12-13H,8H2;;/q2*-1;;. The summed E-state index contributed by atoms with van der Waals surface area (Å²) in [5, 5.41) is 0. The van der Waals surface area contributed by atoms with Crippen LogP contribution in [0.25, 0.3) is 11.1 Å². The summed E-state index contributed by atoms with van der Waals surface area (Å²) in [5.74, 6) is -0.184. The molecule has 8 atom stereocenters. The van der Waals surface area contributed by atoms with Gasteiger partial charge in [0.1, 0.15) is 5.75 Å². The molecule has 4 aromatic carbocycles. The van der Waals surface area contributed by atoms with E-state index in [1.165, 1.54) is 9.80 Å². The first-order valence-electron chi connectivity index (χ1n) is 17.5. The predicted molar refractivity (Wildman–Crippen MR) is 188 cm³/mol. The fourth-order valence-electron chi connectivity index (χ4n) is 9.05. The van der Waals surface area contributed by atoms with Gasteiger partial charge in [0, 0.05) is 0 Å². The molecule has 9 nitrogen and oxygen atoms in total. The molecule has 10 rings (SSSR count). The molecule has 0 radical (unpaired) electrons. The number of rotatable bonds is 5. The zero-order valence-corrected chi connectivity index (χ0v) is 29.2. The molecule has 53 heavy (non-hydrogen) atoms. The molecule has 2 aliphatic heterocycles. The Morgan fingerprint density at radius 3 is 1.34 bits per heavy atom. The van der Waals surface area contributed by atoms with E-state index in [1.807, 2.05) is 36.4 Å². The van der Waals surface area contributed by atoms with Crippen molar-refractivity contribution < 1.29 is 48.2 Å². The first kappa shape index (κ1) is 34.5. The summed E-state index contributed by atoms with van der Waals surface area (Å²) in [4.78, 5) is 66.1. The summed E-state index contributed by atoms with van der Waals surface area (Å²) in [5.41, 5.74) is 3.60. The number of benzene rings is 4. The second kappa shape index (κ2) is 14.1. The normalized spacial score (nSPS) is 28.0. The maximum atomic E-state index is 13.0. The molecular formula is C43H32CoN2O7-2. The Hall–Kier alpha value is -5.58. The van der Waals surface area contributed by atoms with Crippen molar-refractivity contribution in [2.75, 3.05) is 9.80 Å². The van der Waals surface area contributed by atoms with Gasteiger partial charge in [0.2, 0.25) is 23.6 Å². The third-order valence-electron chi connectivity index (χ3n) is 11.4. The van der Waals surface area contributed by atoms with Gasteiger partial charge in [0.05, 0.1) is 34.9 Å². The topological polar surface area (TPSA) is 118 Å². The molecule has 267 valence electrons. The number of esters is 1. The molecule has 4 fully saturated rings. The Kier molecular flexibility index (Phi) is 9.18. The van der Waals surface area contributed by atoms with Crippen molar-refractivity contribution in [3.05, 3.63) is 139 Å². The summed E-state index contributed by atoms with van der Waals surface area (Å²) in [6.07, 6.45) is 10.2. The van der Waals surface area contributed by atoms with E-state index in [4.69, 9.17) is 8.60 Å². The molecule has 2 saturated heterocycles. The molecule has 0 spiro atoms. The van der Waals surface area contributed by atoms with Crippen LogP contribution in [0.2, 0.25) is 0 Å². The van der Waals surface area contributed by atoms with Gasteiger partial charge in [-0.15, -0.1) is 17.7 Å². The molecule has 4 amide bonds. The van der Waals surface area contributed by atoms with E-state index in [0.717, 1.165) is 24.0 Å². The van der Waals surface area contributed by atoms with Gasteiger partial charge >= 0.3 is 25.5 Å². The van der Waals surface area contributed by atoms with Crippen LogP contribution in [0.1, 0.15) is 23.2 Å². The van der Waals surface area contributed by atoms with E-state index in [0.29, 0.717) is 22.7 Å². The van der Waals surface area contributed by atoms with Crippen molar-refractivity contribution in [3.8, 4) is 16.9 Å². The third-order valence-corrected chi connectivity index (χ3v) is 11.4. The van der Waals surface area contributed by atoms with Crippen LogP contribution in [0.3, 0.4) is 0 Å². The van der Waals surface area contributed by atoms with Crippen molar-refractivity contribution in [3.63, 3.8) is 0 Å². The number of imide groups is 2. The fraction of sp³-hybridized carbons (Fsp3) is 0.233. The van der Waals surface area contributed by atoms with Crippen molar-refractivity contribution in [2.45, 2.75) is 12.8 Å². The Morgan fingerprint density at radius 1 is 0.528 bits per heavy atom. The number of nitrogens with zero attached hydrogens (tertiary/aromatic N) is 2. The average Bonchev–Trinajstić information content (AvgIpc) is 4.07. The minimum atomic E-state index is -0.498. The number of hydrogen-bond donors (Lipinski definition) is 0. The van der Waals surface area contributed by atoms with E-state index in [-0.39, 0.29) is 71.0 Å². The zero-order valence-electron chi connectivity index (χ0n) is 28.2. The molecule has 2 heterocycles. The van der Waals surface area contributed by atoms with Gasteiger partial charge in [0.25, 0.3) is 0 Å². The van der Waals surface area contributed by atoms with Crippen molar-refractivity contribution in [1.82, 2.24) is 0 Å². The number of amides is 4. The summed E-state index contributed by atoms with van der Waals surface area (Å²) < 4.78 is 13.4. The Morgan fingerprint density at radius 2 is 0.906 bits per heavy atom. The van der Waals surface area contributed by atoms with Crippen LogP contribution < -0.4 is 14.5 Å². The number of hydrogen-bond acceptors (Lipinski definition) is 7. The Bertz CT molecular complexity index is 2090. The molecule has 4 aromatic rings. The van der Waals surface area contributed by atoms with Crippen molar-refractivity contribution in [1.29, 1.82) is 0 Å². The Labute approximate surface area is 314 Å². The van der Waals surface area contributed by atoms with Crippen LogP contribution in [0.5, 0.6) is 5.75 Å². The van der Waals surface area contributed by atoms with Crippen LogP contribution in [0, 0.1) is 59.5 Å². The summed E-state index contributed by atoms with van der Waals surface area (Å²) in [7, 11) is 0. The number of ether oxygens (including phenoxy) is 1. The van der Waals surface area contributed by atoms with Crippen LogP contribution in [-0.2, 0) is 38.7 Å². The molecule has 6 aliphatic rings. The SMILES string of the molecule is O=C(Oc1ccc(-c2cc[c-]cc2)cc1)c1ccc(N2C(=O)C3C4C=CC(C4)C3C2=O)cc1.O=C1C2C3C=CC(C3)C2C(=O)N1c1cc[c-]cc1.[O]=[Co]. The number of carbonyl (C=O) groups excluding carboxylic acids is 5. The zero-order chi connectivity index (χ0) is 36.8. The van der Waals surface area contributed by atoms with Gasteiger partial charge in [-0.2, -0.15) is 48.5 Å². The van der Waals surface area contributed by atoms with Crippen LogP contribution in [-0.4, -0.2) is 29.6 Å². The fourth-order valence-corrected chi connectivity index (χ4v) is 9.05. The maximum absolute atomic E-state index is 13.0. The monoisotopic (exact) mass is 747 g/mol. The van der Waals surface area contributed by atoms with E-state index < -0.39 is 5.97 Å².